The maximum absolute atomic E-state index is 9.96. The summed E-state index contributed by atoms with van der Waals surface area (Å²) in [7, 11) is 6.72. The van der Waals surface area contributed by atoms with Crippen LogP contribution in [-0.4, -0.2) is 53.7 Å². The second-order valence-corrected chi connectivity index (χ2v) is 2.33. The van der Waals surface area contributed by atoms with Crippen molar-refractivity contribution < 1.29 is 33.3 Å². The summed E-state index contributed by atoms with van der Waals surface area (Å²) >= 11 is 0. The molecule has 0 aromatic rings. The van der Waals surface area contributed by atoms with Crippen molar-refractivity contribution in [1.29, 1.82) is 0 Å². The maximum Gasteiger partial charge on any atom is 0.507 e. The molecule has 0 aliphatic rings. The predicted octanol–water partition coefficient (Wildman–Crippen LogP) is 0.941. The molecule has 108 valence electrons. The van der Waals surface area contributed by atoms with Crippen molar-refractivity contribution in [3.8, 4) is 0 Å². The second-order valence-electron chi connectivity index (χ2n) is 2.33. The summed E-state index contributed by atoms with van der Waals surface area (Å²) < 4.78 is 16.5. The summed E-state index contributed by atoms with van der Waals surface area (Å²) in [4.78, 5) is 29.5. The number of esters is 1. The third-order valence-corrected chi connectivity index (χ3v) is 1.24. The highest BCUT2D eigenvalue weighted by Crippen LogP contribution is 1.76. The largest absolute Gasteiger partial charge is 0.507 e. The predicted molar refractivity (Wildman–Crippen MR) is 63.2 cm³/mol. The van der Waals surface area contributed by atoms with E-state index in [0.717, 1.165) is 0 Å². The summed E-state index contributed by atoms with van der Waals surface area (Å²) in [5.74, 6) is -0.157. The molecule has 0 saturated carbocycles. The molecular formula is C10H21NO7. The molecule has 0 aromatic carbocycles. The number of hydrogen-bond acceptors (Lipinski definition) is 7. The van der Waals surface area contributed by atoms with E-state index < -0.39 is 12.2 Å². The average molecular weight is 267 g/mol. The molecule has 0 saturated heterocycles. The molecule has 0 heterocycles. The van der Waals surface area contributed by atoms with Gasteiger partial charge < -0.3 is 24.3 Å². The molecule has 0 rings (SSSR count). The Morgan fingerprint density at radius 1 is 0.889 bits per heavy atom. The molecule has 0 radical (unpaired) electrons. The molecule has 0 unspecified atom stereocenters. The lowest BCUT2D eigenvalue weighted by Crippen LogP contribution is -2.16. The quantitative estimate of drug-likeness (QED) is 0.557. The number of methoxy groups -OCH3 is 4. The molecule has 0 fully saturated rings. The van der Waals surface area contributed by atoms with Crippen LogP contribution in [0.5, 0.6) is 0 Å². The molecule has 0 bridgehead atoms. The summed E-state index contributed by atoms with van der Waals surface area (Å²) in [6.07, 6.45) is -0.596. The van der Waals surface area contributed by atoms with Crippen molar-refractivity contribution in [1.82, 2.24) is 5.32 Å². The Morgan fingerprint density at radius 2 is 1.33 bits per heavy atom. The summed E-state index contributed by atoms with van der Waals surface area (Å²) in [6, 6.07) is 0. The van der Waals surface area contributed by atoms with Crippen LogP contribution < -0.4 is 5.32 Å². The fourth-order valence-electron chi connectivity index (χ4n) is 0.330. The Hall–Kier alpha value is -1.99. The van der Waals surface area contributed by atoms with Crippen molar-refractivity contribution in [3.05, 3.63) is 0 Å². The number of nitrogens with one attached hydrogen (secondary N) is 1. The molecule has 1 amide bonds. The van der Waals surface area contributed by atoms with Gasteiger partial charge in [0.1, 0.15) is 0 Å². The van der Waals surface area contributed by atoms with Crippen molar-refractivity contribution in [2.24, 2.45) is 0 Å². The van der Waals surface area contributed by atoms with E-state index in [2.05, 4.69) is 24.3 Å². The molecule has 0 aliphatic heterocycles. The normalized spacial score (nSPS) is 7.22. The van der Waals surface area contributed by atoms with Crippen molar-refractivity contribution in [2.45, 2.75) is 13.3 Å². The van der Waals surface area contributed by atoms with Crippen LogP contribution in [0.3, 0.4) is 0 Å². The Labute approximate surface area is 107 Å². The van der Waals surface area contributed by atoms with Gasteiger partial charge in [0.25, 0.3) is 0 Å². The van der Waals surface area contributed by atoms with E-state index >= 15 is 0 Å². The fourth-order valence-corrected chi connectivity index (χ4v) is 0.330. The highest BCUT2D eigenvalue weighted by Gasteiger charge is 1.89. The van der Waals surface area contributed by atoms with E-state index in [1.54, 1.807) is 6.92 Å². The highest BCUT2D eigenvalue weighted by molar-refractivity contribution is 5.68. The van der Waals surface area contributed by atoms with Gasteiger partial charge in [0.2, 0.25) is 0 Å². The Kier molecular flexibility index (Phi) is 20.6. The minimum Gasteiger partial charge on any atom is -0.469 e. The Bertz CT molecular complexity index is 174. The third-order valence-electron chi connectivity index (χ3n) is 1.24. The van der Waals surface area contributed by atoms with Crippen LogP contribution >= 0.6 is 0 Å². The SMILES string of the molecule is CCC(=O)OC.CNC(=O)OC.COC(=O)OC. The Morgan fingerprint density at radius 3 is 1.33 bits per heavy atom. The number of alkyl carbamates (subject to hydrolysis) is 1. The lowest BCUT2D eigenvalue weighted by Gasteiger charge is -1.90. The molecule has 0 aliphatic carbocycles. The smallest absolute Gasteiger partial charge is 0.469 e. The first-order chi connectivity index (χ1) is 8.42. The first-order valence-corrected chi connectivity index (χ1v) is 4.87. The second kappa shape index (κ2) is 17.4. The van der Waals surface area contributed by atoms with Crippen LogP contribution in [-0.2, 0) is 23.7 Å². The molecule has 0 aromatic heterocycles. The van der Waals surface area contributed by atoms with Gasteiger partial charge in [0.15, 0.2) is 0 Å². The number of hydrogen-bond donors (Lipinski definition) is 1. The van der Waals surface area contributed by atoms with Gasteiger partial charge in [0.05, 0.1) is 28.4 Å². The van der Waals surface area contributed by atoms with E-state index in [0.29, 0.717) is 6.42 Å². The van der Waals surface area contributed by atoms with Crippen LogP contribution in [0.2, 0.25) is 0 Å². The van der Waals surface area contributed by atoms with Crippen molar-refractivity contribution in [3.63, 3.8) is 0 Å². The van der Waals surface area contributed by atoms with E-state index in [1.165, 1.54) is 35.5 Å². The lowest BCUT2D eigenvalue weighted by atomic mass is 10.5. The number of ether oxygens (including phenoxy) is 4. The van der Waals surface area contributed by atoms with Crippen LogP contribution in [0, 0.1) is 0 Å². The van der Waals surface area contributed by atoms with Gasteiger partial charge in [-0.15, -0.1) is 0 Å². The molecule has 8 nitrogen and oxygen atoms in total. The van der Waals surface area contributed by atoms with E-state index in [-0.39, 0.29) is 5.97 Å². The molecule has 1 N–H and O–H groups in total. The van der Waals surface area contributed by atoms with Crippen LogP contribution in [0.1, 0.15) is 13.3 Å². The van der Waals surface area contributed by atoms with Gasteiger partial charge in [-0.2, -0.15) is 0 Å². The van der Waals surface area contributed by atoms with Gasteiger partial charge in [-0.1, -0.05) is 6.92 Å². The topological polar surface area (TPSA) is 100 Å². The van der Waals surface area contributed by atoms with Gasteiger partial charge in [0, 0.05) is 13.5 Å². The number of carbonyl (C=O) groups excluding carboxylic acids is 3. The number of carbonyl (C=O) groups is 3. The van der Waals surface area contributed by atoms with Crippen molar-refractivity contribution >= 4 is 18.2 Å². The van der Waals surface area contributed by atoms with Crippen LogP contribution in [0.15, 0.2) is 0 Å². The fraction of sp³-hybridized carbons (Fsp3) is 0.700. The van der Waals surface area contributed by atoms with Gasteiger partial charge >= 0.3 is 18.2 Å². The summed E-state index contributed by atoms with van der Waals surface area (Å²) in [5, 5.41) is 2.25. The highest BCUT2D eigenvalue weighted by atomic mass is 16.7. The van der Waals surface area contributed by atoms with Crippen LogP contribution in [0.4, 0.5) is 9.59 Å². The van der Waals surface area contributed by atoms with E-state index in [1.807, 2.05) is 0 Å². The Balaban J connectivity index is -0.000000187. The minimum atomic E-state index is -0.657. The molecule has 18 heavy (non-hydrogen) atoms. The third kappa shape index (κ3) is 23.7. The van der Waals surface area contributed by atoms with Crippen molar-refractivity contribution in [2.75, 3.05) is 35.5 Å². The number of rotatable bonds is 1. The van der Waals surface area contributed by atoms with Gasteiger partial charge in [-0.3, -0.25) is 4.79 Å². The zero-order chi connectivity index (χ0) is 15.0. The monoisotopic (exact) mass is 267 g/mol. The van der Waals surface area contributed by atoms with E-state index in [4.69, 9.17) is 0 Å². The average Bonchev–Trinajstić information content (AvgIpc) is 2.45. The standard InChI is InChI=1S/C4H8O2.C3H7NO2.C3H6O3/c1-3-4(5)6-2;1-4-3(5)6-2;1-5-3(4)6-2/h3H2,1-2H3;1-2H3,(H,4,5);1-2H3. The zero-order valence-corrected chi connectivity index (χ0v) is 11.6. The van der Waals surface area contributed by atoms with Crippen LogP contribution in [0.25, 0.3) is 0 Å². The summed E-state index contributed by atoms with van der Waals surface area (Å²) in [5.41, 5.74) is 0. The summed E-state index contributed by atoms with van der Waals surface area (Å²) in [6.45, 7) is 1.76. The van der Waals surface area contributed by atoms with Gasteiger partial charge in [-0.25, -0.2) is 9.59 Å². The maximum atomic E-state index is 9.96. The van der Waals surface area contributed by atoms with E-state index in [9.17, 15) is 14.4 Å². The molecule has 0 atom stereocenters. The number of amides is 1. The minimum absolute atomic E-state index is 0.157. The lowest BCUT2D eigenvalue weighted by molar-refractivity contribution is -0.140. The first-order valence-electron chi connectivity index (χ1n) is 4.87. The molecule has 8 heteroatoms. The first kappa shape index (κ1) is 21.3. The van der Waals surface area contributed by atoms with Gasteiger partial charge in [-0.05, 0) is 0 Å². The molecule has 0 spiro atoms. The molecular weight excluding hydrogens is 246 g/mol. The zero-order valence-electron chi connectivity index (χ0n) is 11.6.